The van der Waals surface area contributed by atoms with Crippen LogP contribution in [-0.2, 0) is 12.8 Å². The molecule has 0 fully saturated rings. The van der Waals surface area contributed by atoms with Crippen molar-refractivity contribution in [2.24, 2.45) is 0 Å². The van der Waals surface area contributed by atoms with Crippen LogP contribution in [0, 0.1) is 35.5 Å². The molecular weight excluding hydrogens is 625 g/mol. The summed E-state index contributed by atoms with van der Waals surface area (Å²) < 4.78 is 0. The van der Waals surface area contributed by atoms with Crippen LogP contribution < -0.4 is 0 Å². The maximum atomic E-state index is 3.84. The van der Waals surface area contributed by atoms with E-state index in [2.05, 4.69) is 97.9 Å². The Labute approximate surface area is 324 Å². The highest BCUT2D eigenvalue weighted by Crippen LogP contribution is 2.27. The van der Waals surface area contributed by atoms with Crippen molar-refractivity contribution in [3.63, 3.8) is 0 Å². The van der Waals surface area contributed by atoms with Gasteiger partial charge in [-0.25, -0.2) is 0 Å². The van der Waals surface area contributed by atoms with Crippen molar-refractivity contribution >= 4 is 0 Å². The first-order chi connectivity index (χ1) is 25.7. The summed E-state index contributed by atoms with van der Waals surface area (Å²) >= 11 is 0. The van der Waals surface area contributed by atoms with Crippen LogP contribution in [-0.4, -0.2) is 0 Å². The molecule has 286 valence electrons. The minimum atomic E-state index is 0.274. The molecule has 0 N–H and O–H groups in total. The van der Waals surface area contributed by atoms with Gasteiger partial charge in [-0.1, -0.05) is 240 Å². The molecule has 0 aliphatic heterocycles. The van der Waals surface area contributed by atoms with Crippen LogP contribution in [0.2, 0.25) is 0 Å². The van der Waals surface area contributed by atoms with Crippen LogP contribution in [0.3, 0.4) is 0 Å². The molecule has 52 heavy (non-hydrogen) atoms. The molecule has 2 atom stereocenters. The van der Waals surface area contributed by atoms with Crippen molar-refractivity contribution in [1.82, 2.24) is 0 Å². The van der Waals surface area contributed by atoms with Gasteiger partial charge in [0.05, 0.1) is 0 Å². The first-order valence-corrected chi connectivity index (χ1v) is 22.2. The quantitative estimate of drug-likeness (QED) is 0.0561. The summed E-state index contributed by atoms with van der Waals surface area (Å²) in [6, 6.07) is 18.1. The molecule has 2 aromatic carbocycles. The van der Waals surface area contributed by atoms with Crippen molar-refractivity contribution < 1.29 is 0 Å². The fourth-order valence-electron chi connectivity index (χ4n) is 7.43. The second-order valence-corrected chi connectivity index (χ2v) is 15.4. The lowest BCUT2D eigenvalue weighted by Crippen LogP contribution is -2.01. The van der Waals surface area contributed by atoms with Gasteiger partial charge in [-0.3, -0.25) is 0 Å². The second kappa shape index (κ2) is 32.7. The number of unbranched alkanes of at least 4 members (excludes halogenated alkanes) is 22. The Hall–Kier alpha value is -2.88. The lowest BCUT2D eigenvalue weighted by atomic mass is 9.88. The molecule has 2 rings (SSSR count). The molecule has 0 aromatic heterocycles. The molecule has 0 saturated carbocycles. The van der Waals surface area contributed by atoms with E-state index in [0.717, 1.165) is 25.7 Å². The fourth-order valence-corrected chi connectivity index (χ4v) is 7.43. The molecule has 0 bridgehead atoms. The van der Waals surface area contributed by atoms with Gasteiger partial charge in [0.25, 0.3) is 0 Å². The third-order valence-corrected chi connectivity index (χ3v) is 10.8. The van der Waals surface area contributed by atoms with Gasteiger partial charge < -0.3 is 0 Å². The van der Waals surface area contributed by atoms with E-state index in [1.165, 1.54) is 176 Å². The molecule has 0 heteroatoms. The van der Waals surface area contributed by atoms with Gasteiger partial charge in [0.1, 0.15) is 0 Å². The topological polar surface area (TPSA) is 0 Å². The van der Waals surface area contributed by atoms with E-state index in [4.69, 9.17) is 0 Å². The van der Waals surface area contributed by atoms with Crippen LogP contribution in [0.1, 0.15) is 229 Å². The average molecular weight is 703 g/mol. The van der Waals surface area contributed by atoms with Crippen molar-refractivity contribution in [3.8, 4) is 35.5 Å². The molecule has 0 aliphatic carbocycles. The molecular formula is C52H78. The summed E-state index contributed by atoms with van der Waals surface area (Å²) in [5, 5.41) is 0. The van der Waals surface area contributed by atoms with E-state index in [-0.39, 0.29) is 11.8 Å². The third-order valence-electron chi connectivity index (χ3n) is 10.8. The van der Waals surface area contributed by atoms with E-state index in [0.29, 0.717) is 0 Å². The van der Waals surface area contributed by atoms with Gasteiger partial charge in [-0.2, -0.15) is 0 Å². The molecule has 0 saturated heterocycles. The van der Waals surface area contributed by atoms with E-state index in [9.17, 15) is 0 Å². The normalized spacial score (nSPS) is 11.8. The Morgan fingerprint density at radius 3 is 1.08 bits per heavy atom. The standard InChI is InChI=1S/C52H78/c1-5-9-13-14-15-16-17-18-19-20-21-22-23-24-25-26-27-28-29-30-31-32-40-50(52-42-34-38-48(46-52)36-11-7-3)44-43-49(39-12-8-4)51-41-33-37-47(45-51)35-10-6-2/h33-34,37-38,41-42,45-46,49-50H,5,8-9,12-32,35-36,39-40H2,1-4H3. The predicted octanol–water partition coefficient (Wildman–Crippen LogP) is 15.9. The van der Waals surface area contributed by atoms with Gasteiger partial charge in [-0.15, -0.1) is 11.8 Å². The maximum absolute atomic E-state index is 3.84. The van der Waals surface area contributed by atoms with Crippen molar-refractivity contribution in [1.29, 1.82) is 0 Å². The number of hydrogen-bond acceptors (Lipinski definition) is 0. The van der Waals surface area contributed by atoms with Gasteiger partial charge in [0.2, 0.25) is 0 Å². The van der Waals surface area contributed by atoms with Crippen LogP contribution >= 0.6 is 0 Å². The van der Waals surface area contributed by atoms with Gasteiger partial charge in [0, 0.05) is 24.7 Å². The first-order valence-electron chi connectivity index (χ1n) is 22.2. The second-order valence-electron chi connectivity index (χ2n) is 15.4. The molecule has 0 heterocycles. The predicted molar refractivity (Wildman–Crippen MR) is 232 cm³/mol. The van der Waals surface area contributed by atoms with Gasteiger partial charge >= 0.3 is 0 Å². The number of rotatable bonds is 30. The highest BCUT2D eigenvalue weighted by molar-refractivity contribution is 5.37. The minimum absolute atomic E-state index is 0.274. The molecule has 2 aromatic rings. The Morgan fingerprint density at radius 1 is 0.404 bits per heavy atom. The summed E-state index contributed by atoms with van der Waals surface area (Å²) in [7, 11) is 0. The summed E-state index contributed by atoms with van der Waals surface area (Å²) in [5.41, 5.74) is 5.32. The first kappa shape index (κ1) is 45.3. The minimum Gasteiger partial charge on any atom is -0.106 e. The molecule has 0 amide bonds. The Kier molecular flexibility index (Phi) is 28.5. The Bertz CT molecular complexity index is 1330. The van der Waals surface area contributed by atoms with Crippen LogP contribution in [0.4, 0.5) is 0 Å². The zero-order chi connectivity index (χ0) is 37.2. The third kappa shape index (κ3) is 22.9. The van der Waals surface area contributed by atoms with E-state index in [1.54, 1.807) is 0 Å². The summed E-state index contributed by atoms with van der Waals surface area (Å²) in [6.07, 6.45) is 37.6. The summed E-state index contributed by atoms with van der Waals surface area (Å²) in [5.74, 6) is 20.8. The summed E-state index contributed by atoms with van der Waals surface area (Å²) in [4.78, 5) is 0. The summed E-state index contributed by atoms with van der Waals surface area (Å²) in [6.45, 7) is 8.44. The molecule has 2 unspecified atom stereocenters. The van der Waals surface area contributed by atoms with Crippen molar-refractivity contribution in [2.45, 2.75) is 219 Å². The highest BCUT2D eigenvalue weighted by atomic mass is 14.2. The monoisotopic (exact) mass is 703 g/mol. The van der Waals surface area contributed by atoms with E-state index < -0.39 is 0 Å². The van der Waals surface area contributed by atoms with Crippen molar-refractivity contribution in [2.75, 3.05) is 0 Å². The van der Waals surface area contributed by atoms with E-state index in [1.807, 2.05) is 13.8 Å². The highest BCUT2D eigenvalue weighted by Gasteiger charge is 2.13. The van der Waals surface area contributed by atoms with Crippen LogP contribution in [0.25, 0.3) is 0 Å². The SMILES string of the molecule is CC#CCc1cccc(C(C#CC(CCCCCCCCCCCCCCCCCCCCCCCC)c2cccc(CC#CC)c2)CCCC)c1. The zero-order valence-corrected chi connectivity index (χ0v) is 34.6. The largest absolute Gasteiger partial charge is 0.106 e. The molecule has 0 radical (unpaired) electrons. The van der Waals surface area contributed by atoms with Crippen LogP contribution in [0.15, 0.2) is 48.5 Å². The lowest BCUT2D eigenvalue weighted by Gasteiger charge is -2.15. The van der Waals surface area contributed by atoms with E-state index >= 15 is 0 Å². The number of hydrogen-bond donors (Lipinski definition) is 0. The molecule has 0 nitrogen and oxygen atoms in total. The van der Waals surface area contributed by atoms with Crippen LogP contribution in [0.5, 0.6) is 0 Å². The number of benzene rings is 2. The molecule has 0 aliphatic rings. The smallest absolute Gasteiger partial charge is 0.0452 e. The van der Waals surface area contributed by atoms with Gasteiger partial charge in [-0.05, 0) is 48.9 Å². The Morgan fingerprint density at radius 2 is 0.731 bits per heavy atom. The van der Waals surface area contributed by atoms with Crippen molar-refractivity contribution in [3.05, 3.63) is 70.8 Å². The Balaban J connectivity index is 1.72. The fraction of sp³-hybridized carbons (Fsp3) is 0.654. The lowest BCUT2D eigenvalue weighted by molar-refractivity contribution is 0.517. The average Bonchev–Trinajstić information content (AvgIpc) is 3.17. The van der Waals surface area contributed by atoms with Gasteiger partial charge in [0.15, 0.2) is 0 Å². The maximum Gasteiger partial charge on any atom is 0.0452 e. The molecule has 0 spiro atoms. The zero-order valence-electron chi connectivity index (χ0n) is 34.6.